The highest BCUT2D eigenvalue weighted by Gasteiger charge is 2.28. The molecule has 0 saturated heterocycles. The Balaban J connectivity index is 1.75. The Bertz CT molecular complexity index is 1050. The second kappa shape index (κ2) is 10.0. The minimum absolute atomic E-state index is 0.114. The molecule has 3 rings (SSSR count). The standard InChI is InChI=1S/C20H23IN4O5/c1-30-19(28)13-4-2-3-12(7-13)10-22-18(27)16-8-15(6-5-14(16)9-21)25-20(29)24-17(26)11-23-25/h5-6,8,11-13H,2-4,7,9-10H2,1H3,(H,22,27)(H,24,26,29)/t12-,13-/m0/s1. The number of nitrogens with zero attached hydrogens (tertiary/aromatic N) is 2. The predicted molar refractivity (Wildman–Crippen MR) is 118 cm³/mol. The van der Waals surface area contributed by atoms with Crippen LogP contribution in [0, 0.1) is 11.8 Å². The Morgan fingerprint density at radius 1 is 1.33 bits per heavy atom. The highest BCUT2D eigenvalue weighted by atomic mass is 127. The maximum Gasteiger partial charge on any atom is 0.349 e. The number of esters is 1. The molecule has 30 heavy (non-hydrogen) atoms. The van der Waals surface area contributed by atoms with Gasteiger partial charge in [-0.1, -0.05) is 35.1 Å². The first-order valence-corrected chi connectivity index (χ1v) is 11.2. The van der Waals surface area contributed by atoms with E-state index in [9.17, 15) is 19.2 Å². The van der Waals surface area contributed by atoms with E-state index >= 15 is 0 Å². The third kappa shape index (κ3) is 5.15. The number of amides is 1. The minimum Gasteiger partial charge on any atom is -0.469 e. The van der Waals surface area contributed by atoms with Crippen molar-refractivity contribution in [1.82, 2.24) is 20.1 Å². The molecule has 160 valence electrons. The van der Waals surface area contributed by atoms with E-state index in [0.29, 0.717) is 28.6 Å². The molecule has 0 unspecified atom stereocenters. The lowest BCUT2D eigenvalue weighted by atomic mass is 9.81. The molecule has 0 bridgehead atoms. The highest BCUT2D eigenvalue weighted by molar-refractivity contribution is 14.1. The fraction of sp³-hybridized carbons (Fsp3) is 0.450. The molecule has 1 amide bonds. The first-order chi connectivity index (χ1) is 14.4. The number of carbonyl (C=O) groups excluding carboxylic acids is 2. The smallest absolute Gasteiger partial charge is 0.349 e. The number of alkyl halides is 1. The van der Waals surface area contributed by atoms with Crippen LogP contribution >= 0.6 is 22.6 Å². The van der Waals surface area contributed by atoms with Crippen molar-refractivity contribution in [2.24, 2.45) is 11.8 Å². The molecule has 1 aliphatic rings. The van der Waals surface area contributed by atoms with E-state index in [0.717, 1.165) is 35.7 Å². The van der Waals surface area contributed by atoms with Crippen LogP contribution in [0.15, 0.2) is 34.0 Å². The van der Waals surface area contributed by atoms with Crippen molar-refractivity contribution in [1.29, 1.82) is 0 Å². The number of carbonyl (C=O) groups is 2. The second-order valence-electron chi connectivity index (χ2n) is 7.29. The lowest BCUT2D eigenvalue weighted by Crippen LogP contribution is -2.34. The van der Waals surface area contributed by atoms with Crippen LogP contribution in [0.1, 0.15) is 41.6 Å². The van der Waals surface area contributed by atoms with E-state index in [1.165, 1.54) is 7.11 Å². The zero-order chi connectivity index (χ0) is 21.7. The quantitative estimate of drug-likeness (QED) is 0.335. The predicted octanol–water partition coefficient (Wildman–Crippen LogP) is 1.56. The third-order valence-corrected chi connectivity index (χ3v) is 6.13. The Morgan fingerprint density at radius 3 is 2.83 bits per heavy atom. The van der Waals surface area contributed by atoms with Gasteiger partial charge in [-0.25, -0.2) is 4.79 Å². The van der Waals surface area contributed by atoms with Crippen LogP contribution < -0.4 is 16.6 Å². The molecular weight excluding hydrogens is 503 g/mol. The van der Waals surface area contributed by atoms with Gasteiger partial charge < -0.3 is 10.1 Å². The number of ether oxygens (including phenoxy) is 1. The Hall–Kier alpha value is -2.50. The van der Waals surface area contributed by atoms with Crippen molar-refractivity contribution >= 4 is 34.5 Å². The number of hydrogen-bond donors (Lipinski definition) is 2. The van der Waals surface area contributed by atoms with E-state index in [-0.39, 0.29) is 23.7 Å². The van der Waals surface area contributed by atoms with Gasteiger partial charge in [0.05, 0.1) is 18.7 Å². The van der Waals surface area contributed by atoms with Crippen molar-refractivity contribution in [2.75, 3.05) is 13.7 Å². The summed E-state index contributed by atoms with van der Waals surface area (Å²) in [5.41, 5.74) is 0.397. The zero-order valence-corrected chi connectivity index (χ0v) is 18.7. The maximum atomic E-state index is 12.9. The number of rotatable bonds is 6. The summed E-state index contributed by atoms with van der Waals surface area (Å²) in [4.78, 5) is 50.1. The monoisotopic (exact) mass is 526 g/mol. The fourth-order valence-corrected chi connectivity index (χ4v) is 4.42. The summed E-state index contributed by atoms with van der Waals surface area (Å²) in [6, 6.07) is 5.04. The SMILES string of the molecule is COC(=O)[C@H]1CCC[C@H](CNC(=O)c2cc(-n3ncc(=O)[nH]c3=O)ccc2CI)C1. The van der Waals surface area contributed by atoms with E-state index in [1.54, 1.807) is 18.2 Å². The van der Waals surface area contributed by atoms with Crippen LogP contribution in [0.3, 0.4) is 0 Å². The maximum absolute atomic E-state index is 12.9. The molecule has 0 aliphatic heterocycles. The molecule has 9 nitrogen and oxygen atoms in total. The van der Waals surface area contributed by atoms with Gasteiger partial charge in [-0.05, 0) is 42.9 Å². The van der Waals surface area contributed by atoms with Gasteiger partial charge >= 0.3 is 11.7 Å². The molecule has 1 aromatic heterocycles. The van der Waals surface area contributed by atoms with Gasteiger partial charge in [-0.3, -0.25) is 19.4 Å². The number of halogens is 1. The molecule has 0 spiro atoms. The number of benzene rings is 1. The van der Waals surface area contributed by atoms with Gasteiger partial charge in [-0.2, -0.15) is 9.78 Å². The Morgan fingerprint density at radius 2 is 2.13 bits per heavy atom. The van der Waals surface area contributed by atoms with Crippen LogP contribution in [-0.4, -0.2) is 40.3 Å². The van der Waals surface area contributed by atoms with E-state index < -0.39 is 11.2 Å². The first-order valence-electron chi connectivity index (χ1n) is 9.67. The van der Waals surface area contributed by atoms with Crippen LogP contribution in [0.5, 0.6) is 0 Å². The summed E-state index contributed by atoms with van der Waals surface area (Å²) < 4.78 is 6.51. The molecule has 1 aromatic carbocycles. The molecular formula is C20H23IN4O5. The van der Waals surface area contributed by atoms with Crippen LogP contribution in [0.2, 0.25) is 0 Å². The average Bonchev–Trinajstić information content (AvgIpc) is 2.76. The van der Waals surface area contributed by atoms with Crippen molar-refractivity contribution in [3.63, 3.8) is 0 Å². The molecule has 1 heterocycles. The van der Waals surface area contributed by atoms with E-state index in [2.05, 4.69) is 38.0 Å². The van der Waals surface area contributed by atoms with Crippen molar-refractivity contribution in [3.8, 4) is 5.69 Å². The molecule has 1 saturated carbocycles. The zero-order valence-electron chi connectivity index (χ0n) is 16.5. The Labute approximate surface area is 186 Å². The number of nitrogens with one attached hydrogen (secondary N) is 2. The molecule has 1 fully saturated rings. The van der Waals surface area contributed by atoms with Gasteiger partial charge in [0, 0.05) is 16.5 Å². The van der Waals surface area contributed by atoms with Crippen molar-refractivity contribution in [3.05, 3.63) is 56.4 Å². The number of aromatic nitrogens is 3. The first kappa shape index (κ1) is 22.2. The molecule has 10 heteroatoms. The molecule has 2 atom stereocenters. The number of methoxy groups -OCH3 is 1. The molecule has 0 radical (unpaired) electrons. The molecule has 2 N–H and O–H groups in total. The average molecular weight is 526 g/mol. The van der Waals surface area contributed by atoms with Gasteiger partial charge in [0.25, 0.3) is 11.5 Å². The molecule has 2 aromatic rings. The second-order valence-corrected chi connectivity index (χ2v) is 8.05. The summed E-state index contributed by atoms with van der Waals surface area (Å²) in [5, 5.41) is 6.80. The van der Waals surface area contributed by atoms with Crippen LogP contribution in [-0.2, 0) is 14.0 Å². The van der Waals surface area contributed by atoms with Crippen molar-refractivity contribution < 1.29 is 14.3 Å². The number of H-pyrrole nitrogens is 1. The van der Waals surface area contributed by atoms with Crippen LogP contribution in [0.25, 0.3) is 5.69 Å². The van der Waals surface area contributed by atoms with Crippen LogP contribution in [0.4, 0.5) is 0 Å². The summed E-state index contributed by atoms with van der Waals surface area (Å²) in [7, 11) is 1.40. The Kier molecular flexibility index (Phi) is 7.40. The van der Waals surface area contributed by atoms with Crippen molar-refractivity contribution in [2.45, 2.75) is 30.1 Å². The van der Waals surface area contributed by atoms with Gasteiger partial charge in [-0.15, -0.1) is 0 Å². The minimum atomic E-state index is -0.674. The summed E-state index contributed by atoms with van der Waals surface area (Å²) in [5.74, 6) is -0.343. The number of hydrogen-bond acceptors (Lipinski definition) is 6. The lowest BCUT2D eigenvalue weighted by Gasteiger charge is -2.27. The normalized spacial score (nSPS) is 18.6. The lowest BCUT2D eigenvalue weighted by molar-refractivity contribution is -0.147. The summed E-state index contributed by atoms with van der Waals surface area (Å²) in [6.45, 7) is 0.466. The summed E-state index contributed by atoms with van der Waals surface area (Å²) in [6.07, 6.45) is 4.40. The van der Waals surface area contributed by atoms with Gasteiger partial charge in [0.1, 0.15) is 6.20 Å². The van der Waals surface area contributed by atoms with E-state index in [4.69, 9.17) is 4.74 Å². The third-order valence-electron chi connectivity index (χ3n) is 5.31. The number of aromatic amines is 1. The van der Waals surface area contributed by atoms with E-state index in [1.807, 2.05) is 0 Å². The molecule has 1 aliphatic carbocycles. The fourth-order valence-electron chi connectivity index (χ4n) is 3.75. The summed E-state index contributed by atoms with van der Waals surface area (Å²) >= 11 is 2.17. The van der Waals surface area contributed by atoms with Gasteiger partial charge in [0.2, 0.25) is 0 Å². The largest absolute Gasteiger partial charge is 0.469 e. The van der Waals surface area contributed by atoms with Gasteiger partial charge in [0.15, 0.2) is 0 Å². The topological polar surface area (TPSA) is 123 Å². The highest BCUT2D eigenvalue weighted by Crippen LogP contribution is 2.29.